The SMILES string of the molecule is CC(=O)c1cc(Br)cc(C(F)F)c1C(F)(F)F. The Morgan fingerprint density at radius 2 is 1.82 bits per heavy atom. The van der Waals surface area contributed by atoms with E-state index in [4.69, 9.17) is 0 Å². The Bertz CT molecular complexity index is 453. The van der Waals surface area contributed by atoms with Crippen LogP contribution in [0, 0.1) is 0 Å². The smallest absolute Gasteiger partial charge is 0.294 e. The number of hydrogen-bond acceptors (Lipinski definition) is 1. The van der Waals surface area contributed by atoms with Crippen LogP contribution in [-0.4, -0.2) is 5.78 Å². The summed E-state index contributed by atoms with van der Waals surface area (Å²) >= 11 is 2.80. The fourth-order valence-corrected chi connectivity index (χ4v) is 1.87. The lowest BCUT2D eigenvalue weighted by Gasteiger charge is -2.16. The van der Waals surface area contributed by atoms with Gasteiger partial charge >= 0.3 is 6.18 Å². The topological polar surface area (TPSA) is 17.1 Å². The number of carbonyl (C=O) groups excluding carboxylic acids is 1. The summed E-state index contributed by atoms with van der Waals surface area (Å²) in [5.41, 5.74) is -3.53. The van der Waals surface area contributed by atoms with Crippen molar-refractivity contribution < 1.29 is 26.7 Å². The van der Waals surface area contributed by atoms with Gasteiger partial charge in [0, 0.05) is 15.6 Å². The van der Waals surface area contributed by atoms with Crippen LogP contribution in [0.1, 0.15) is 34.8 Å². The maximum Gasteiger partial charge on any atom is 0.417 e. The number of benzene rings is 1. The second-order valence-electron chi connectivity index (χ2n) is 3.27. The molecule has 0 amide bonds. The number of ketones is 1. The fraction of sp³-hybridized carbons (Fsp3) is 0.300. The molecule has 94 valence electrons. The van der Waals surface area contributed by atoms with Crippen LogP contribution in [0.3, 0.4) is 0 Å². The number of halogens is 6. The Labute approximate surface area is 102 Å². The van der Waals surface area contributed by atoms with Crippen molar-refractivity contribution in [3.63, 3.8) is 0 Å². The second-order valence-corrected chi connectivity index (χ2v) is 4.19. The van der Waals surface area contributed by atoms with Crippen molar-refractivity contribution in [3.8, 4) is 0 Å². The molecule has 0 aliphatic carbocycles. The van der Waals surface area contributed by atoms with E-state index in [0.717, 1.165) is 13.0 Å². The van der Waals surface area contributed by atoms with E-state index < -0.39 is 35.1 Å². The molecular weight excluding hydrogens is 311 g/mol. The van der Waals surface area contributed by atoms with Crippen LogP contribution in [0.5, 0.6) is 0 Å². The number of carbonyl (C=O) groups is 1. The van der Waals surface area contributed by atoms with Gasteiger partial charge in [0.2, 0.25) is 0 Å². The molecule has 1 aromatic carbocycles. The van der Waals surface area contributed by atoms with E-state index in [9.17, 15) is 26.7 Å². The van der Waals surface area contributed by atoms with Gasteiger partial charge in [-0.05, 0) is 19.1 Å². The highest BCUT2D eigenvalue weighted by molar-refractivity contribution is 9.10. The number of Topliss-reactive ketones (excluding diaryl/α,β-unsaturated/α-hetero) is 1. The summed E-state index contributed by atoms with van der Waals surface area (Å²) in [6, 6.07) is 1.55. The molecule has 0 N–H and O–H groups in total. The van der Waals surface area contributed by atoms with Gasteiger partial charge in [0.25, 0.3) is 6.43 Å². The van der Waals surface area contributed by atoms with Crippen molar-refractivity contribution in [2.45, 2.75) is 19.5 Å². The molecule has 0 atom stereocenters. The van der Waals surface area contributed by atoms with Crippen molar-refractivity contribution >= 4 is 21.7 Å². The van der Waals surface area contributed by atoms with Crippen LogP contribution in [0.25, 0.3) is 0 Å². The van der Waals surface area contributed by atoms with Crippen molar-refractivity contribution in [2.75, 3.05) is 0 Å². The summed E-state index contributed by atoms with van der Waals surface area (Å²) in [5, 5.41) is 0. The maximum atomic E-state index is 12.7. The molecule has 0 aromatic heterocycles. The molecule has 0 bridgehead atoms. The lowest BCUT2D eigenvalue weighted by Crippen LogP contribution is -2.15. The van der Waals surface area contributed by atoms with E-state index in [1.54, 1.807) is 0 Å². The number of rotatable bonds is 2. The van der Waals surface area contributed by atoms with Gasteiger partial charge in [0.1, 0.15) is 0 Å². The van der Waals surface area contributed by atoms with Crippen molar-refractivity contribution in [1.82, 2.24) is 0 Å². The molecule has 0 heterocycles. The zero-order valence-corrected chi connectivity index (χ0v) is 9.99. The molecule has 0 saturated carbocycles. The first-order valence-electron chi connectivity index (χ1n) is 4.34. The van der Waals surface area contributed by atoms with Crippen LogP contribution >= 0.6 is 15.9 Å². The van der Waals surface area contributed by atoms with Crippen LogP contribution in [0.15, 0.2) is 16.6 Å². The lowest BCUT2D eigenvalue weighted by atomic mass is 9.98. The predicted octanol–water partition coefficient (Wildman–Crippen LogP) is 4.61. The third-order valence-corrected chi connectivity index (χ3v) is 2.49. The molecule has 0 aliphatic rings. The van der Waals surface area contributed by atoms with E-state index in [1.165, 1.54) is 0 Å². The zero-order chi connectivity index (χ0) is 13.4. The molecular formula is C10H6BrF5O. The summed E-state index contributed by atoms with van der Waals surface area (Å²) < 4.78 is 63.1. The van der Waals surface area contributed by atoms with Crippen LogP contribution in [0.4, 0.5) is 22.0 Å². The van der Waals surface area contributed by atoms with E-state index in [1.807, 2.05) is 0 Å². The Morgan fingerprint density at radius 1 is 1.29 bits per heavy atom. The van der Waals surface area contributed by atoms with Gasteiger partial charge in [0.05, 0.1) is 5.56 Å². The summed E-state index contributed by atoms with van der Waals surface area (Å²) in [7, 11) is 0. The quantitative estimate of drug-likeness (QED) is 0.575. The largest absolute Gasteiger partial charge is 0.417 e. The van der Waals surface area contributed by atoms with Crippen molar-refractivity contribution in [1.29, 1.82) is 0 Å². The molecule has 1 nitrogen and oxygen atoms in total. The standard InChI is InChI=1S/C10H6BrF5O/c1-4(17)6-2-5(11)3-7(9(12)13)8(6)10(14,15)16/h2-3,9H,1H3. The Balaban J connectivity index is 3.66. The molecule has 0 saturated heterocycles. The third kappa shape index (κ3) is 3.02. The minimum absolute atomic E-state index is 0.00556. The first-order chi connectivity index (χ1) is 7.64. The van der Waals surface area contributed by atoms with E-state index in [-0.39, 0.29) is 4.47 Å². The average molecular weight is 317 g/mol. The molecule has 0 fully saturated rings. The minimum Gasteiger partial charge on any atom is -0.294 e. The number of hydrogen-bond donors (Lipinski definition) is 0. The molecule has 1 aromatic rings. The van der Waals surface area contributed by atoms with Gasteiger partial charge < -0.3 is 0 Å². The van der Waals surface area contributed by atoms with E-state index >= 15 is 0 Å². The Kier molecular flexibility index (Phi) is 3.91. The second kappa shape index (κ2) is 4.72. The van der Waals surface area contributed by atoms with Gasteiger partial charge in [-0.1, -0.05) is 15.9 Å². The van der Waals surface area contributed by atoms with Crippen LogP contribution in [-0.2, 0) is 6.18 Å². The van der Waals surface area contributed by atoms with Crippen molar-refractivity contribution in [2.24, 2.45) is 0 Å². The summed E-state index contributed by atoms with van der Waals surface area (Å²) in [6.45, 7) is 0.895. The zero-order valence-electron chi connectivity index (χ0n) is 8.41. The van der Waals surface area contributed by atoms with E-state index in [0.29, 0.717) is 6.07 Å². The lowest BCUT2D eigenvalue weighted by molar-refractivity contribution is -0.139. The predicted molar refractivity (Wildman–Crippen MR) is 54.1 cm³/mol. The van der Waals surface area contributed by atoms with Crippen molar-refractivity contribution in [3.05, 3.63) is 33.3 Å². The molecule has 0 radical (unpaired) electrons. The third-order valence-electron chi connectivity index (χ3n) is 2.03. The first kappa shape index (κ1) is 14.1. The van der Waals surface area contributed by atoms with Gasteiger partial charge in [-0.2, -0.15) is 13.2 Å². The van der Waals surface area contributed by atoms with Gasteiger partial charge in [-0.15, -0.1) is 0 Å². The molecule has 0 spiro atoms. The molecule has 0 aliphatic heterocycles. The Morgan fingerprint density at radius 3 is 2.18 bits per heavy atom. The molecule has 7 heteroatoms. The minimum atomic E-state index is -4.99. The Hall–Kier alpha value is -0.980. The van der Waals surface area contributed by atoms with Gasteiger partial charge in [0.15, 0.2) is 5.78 Å². The average Bonchev–Trinajstić information content (AvgIpc) is 2.14. The normalized spacial score (nSPS) is 12.0. The maximum absolute atomic E-state index is 12.7. The van der Waals surface area contributed by atoms with E-state index in [2.05, 4.69) is 15.9 Å². The number of alkyl halides is 5. The fourth-order valence-electron chi connectivity index (χ4n) is 1.39. The summed E-state index contributed by atoms with van der Waals surface area (Å²) in [4.78, 5) is 11.1. The van der Waals surface area contributed by atoms with Crippen LogP contribution < -0.4 is 0 Å². The molecule has 0 unspecified atom stereocenters. The highest BCUT2D eigenvalue weighted by Gasteiger charge is 2.39. The van der Waals surface area contributed by atoms with Gasteiger partial charge in [-0.25, -0.2) is 8.78 Å². The summed E-state index contributed by atoms with van der Waals surface area (Å²) in [6.07, 6.45) is -8.30. The molecule has 1 rings (SSSR count). The van der Waals surface area contributed by atoms with Crippen LogP contribution in [0.2, 0.25) is 0 Å². The van der Waals surface area contributed by atoms with Gasteiger partial charge in [-0.3, -0.25) is 4.79 Å². The summed E-state index contributed by atoms with van der Waals surface area (Å²) in [5.74, 6) is -0.916. The monoisotopic (exact) mass is 316 g/mol. The first-order valence-corrected chi connectivity index (χ1v) is 5.13. The highest BCUT2D eigenvalue weighted by Crippen LogP contribution is 2.40. The molecule has 17 heavy (non-hydrogen) atoms. The highest BCUT2D eigenvalue weighted by atomic mass is 79.9.